The number of carboxylic acids is 3. The van der Waals surface area contributed by atoms with Crippen molar-refractivity contribution < 1.29 is 98.1 Å². The van der Waals surface area contributed by atoms with Gasteiger partial charge < -0.3 is 107 Å². The number of aliphatic imine (C=N–C) groups is 1. The van der Waals surface area contributed by atoms with E-state index in [9.17, 15) is 98.1 Å². The highest BCUT2D eigenvalue weighted by molar-refractivity contribution is 7.99. The second-order valence-corrected chi connectivity index (χ2v) is 24.9. The zero-order valence-corrected chi connectivity index (χ0v) is 57.3. The van der Waals surface area contributed by atoms with E-state index in [0.29, 0.717) is 16.9 Å². The number of primary amides is 1. The van der Waals surface area contributed by atoms with Crippen molar-refractivity contribution >= 4 is 94.7 Å². The van der Waals surface area contributed by atoms with Gasteiger partial charge in [-0.05, 0) is 75.6 Å². The zero-order chi connectivity index (χ0) is 74.9. The number of thioether (sulfide) groups is 1. The number of hydrogen-bond donors (Lipinski definition) is 20. The van der Waals surface area contributed by atoms with E-state index in [1.54, 1.807) is 30.3 Å². The van der Waals surface area contributed by atoms with Crippen molar-refractivity contribution in [1.29, 1.82) is 0 Å². The van der Waals surface area contributed by atoms with Crippen LogP contribution in [0, 0.1) is 0 Å². The number of aliphatic hydroxyl groups excluding tert-OH is 3. The van der Waals surface area contributed by atoms with Crippen LogP contribution in [0.25, 0.3) is 0 Å². The van der Waals surface area contributed by atoms with Gasteiger partial charge in [-0.3, -0.25) is 62.5 Å². The van der Waals surface area contributed by atoms with Gasteiger partial charge in [0, 0.05) is 43.7 Å². The van der Waals surface area contributed by atoms with Gasteiger partial charge in [-0.2, -0.15) is 11.8 Å². The van der Waals surface area contributed by atoms with Crippen molar-refractivity contribution in [2.75, 3.05) is 24.7 Å². The van der Waals surface area contributed by atoms with Gasteiger partial charge in [0.05, 0.1) is 31.3 Å². The van der Waals surface area contributed by atoms with Crippen LogP contribution in [-0.4, -0.2) is 216 Å². The second-order valence-electron chi connectivity index (χ2n) is 23.8. The first-order valence-corrected chi connectivity index (χ1v) is 34.0. The van der Waals surface area contributed by atoms with Crippen molar-refractivity contribution in [1.82, 2.24) is 47.9 Å². The maximum absolute atomic E-state index is 14.2. The zero-order valence-electron chi connectivity index (χ0n) is 56.4. The summed E-state index contributed by atoms with van der Waals surface area (Å²) in [5, 5.41) is 91.7. The third kappa shape index (κ3) is 35.4. The van der Waals surface area contributed by atoms with Crippen LogP contribution in [0.5, 0.6) is 5.75 Å². The molecule has 35 heteroatoms. The van der Waals surface area contributed by atoms with Crippen molar-refractivity contribution in [3.8, 4) is 5.75 Å². The molecular formula is C65H100N14O20S. The van der Waals surface area contributed by atoms with Gasteiger partial charge in [0.2, 0.25) is 59.1 Å². The number of carbonyl (C=O) groups is 13. The maximum Gasteiger partial charge on any atom is 0.326 e. The van der Waals surface area contributed by atoms with Gasteiger partial charge in [-0.25, -0.2) is 4.79 Å². The minimum Gasteiger partial charge on any atom is -0.508 e. The molecular weight excluding hydrogens is 1330 g/mol. The van der Waals surface area contributed by atoms with Gasteiger partial charge in [0.1, 0.15) is 60.1 Å². The molecule has 0 aliphatic carbocycles. The molecule has 0 bridgehead atoms. The molecule has 0 aliphatic rings. The molecule has 0 saturated heterocycles. The highest BCUT2D eigenvalue weighted by atomic mass is 32.2. The lowest BCUT2D eigenvalue weighted by Crippen LogP contribution is -2.63. The van der Waals surface area contributed by atoms with E-state index < -0.39 is 188 Å². The summed E-state index contributed by atoms with van der Waals surface area (Å²) in [5.74, 6) is -16.3. The standard InChI is InChI=1S/C65H100N14O20S/c1-4-5-6-7-8-9-10-11-12-13-17-31-100-36-42(66)55(89)71-44(26-28-50(67)84)56(90)74-47(34-52(87)88)60(94)77-49(35-80)61(95)72-45(27-29-51(85)86)58(92)79-53(37(2)81)62(96)73-43(21-18-30-70-65(68)69)57(91)78-54(38(3)82)63(97)75-46(32-39-19-15-14-16-20-39)59(93)76-48(64(98)99)33-40-22-24-41(83)25-23-40/h13-17,19-20,22-25,37-38,42-49,53-54,80-83H,4-12,18,21,26-36,66H2,1-3H3,(H2,67,84)(H,71,89)(H,72,95)(H,73,96)(H,74,90)(H,75,97)(H,76,93)(H,77,94)(H,78,91)(H,79,92)(H,85,86)(H,87,88)(H,98,99)(H4,68,69,70)/b17-13+/t37?,38?,42-,43-,44-,45-,46-,47-,48-,49-,53-,54-/m0/s1. The number of rotatable bonds is 51. The quantitative estimate of drug-likeness (QED) is 0.0138. The molecule has 0 aliphatic heterocycles. The lowest BCUT2D eigenvalue weighted by Gasteiger charge is -2.29. The average molecular weight is 1430 g/mol. The normalized spacial score (nSPS) is 14.8. The minimum atomic E-state index is -2.10. The van der Waals surface area contributed by atoms with Gasteiger partial charge in [-0.15, -0.1) is 0 Å². The van der Waals surface area contributed by atoms with Crippen LogP contribution < -0.4 is 70.8 Å². The SMILES string of the molecule is CCCCCCCCCC/C=C/CSC[C@H](N)C(=O)N[C@@H](CCC(N)=O)C(=O)N[C@@H](CC(=O)O)C(=O)N[C@@H](CO)C(=O)N[C@@H](CCC(=O)O)C(=O)N[C@H](C(=O)N[C@@H](CCCN=C(N)N)C(=O)N[C@H](C(=O)N[C@@H](Cc1ccccc1)C(=O)N[C@@H](Cc1ccc(O)cc1)C(=O)O)C(C)O)C(C)O. The van der Waals surface area contributed by atoms with E-state index in [-0.39, 0.29) is 49.7 Å². The smallest absolute Gasteiger partial charge is 0.326 e. The van der Waals surface area contributed by atoms with E-state index in [0.717, 1.165) is 33.1 Å². The number of nitrogens with zero attached hydrogens (tertiary/aromatic N) is 1. The van der Waals surface area contributed by atoms with E-state index in [1.807, 2.05) is 17.5 Å². The number of benzene rings is 2. The number of amides is 10. The molecule has 0 saturated carbocycles. The third-order valence-corrected chi connectivity index (χ3v) is 16.3. The maximum atomic E-state index is 14.2. The molecule has 10 amide bonds. The molecule has 100 heavy (non-hydrogen) atoms. The molecule has 12 atom stereocenters. The molecule has 0 aromatic heterocycles. The van der Waals surface area contributed by atoms with Crippen LogP contribution in [0.4, 0.5) is 0 Å². The minimum absolute atomic E-state index is 0.0840. The largest absolute Gasteiger partial charge is 0.508 e. The summed E-state index contributed by atoms with van der Waals surface area (Å²) in [5.41, 5.74) is 23.3. The number of aliphatic hydroxyl groups is 3. The average Bonchev–Trinajstić information content (AvgIpc) is 0.855. The van der Waals surface area contributed by atoms with Crippen molar-refractivity contribution in [3.63, 3.8) is 0 Å². The lowest BCUT2D eigenvalue weighted by atomic mass is 10.0. The summed E-state index contributed by atoms with van der Waals surface area (Å²) in [4.78, 5) is 177. The number of nitrogens with two attached hydrogens (primary N) is 4. The summed E-state index contributed by atoms with van der Waals surface area (Å²) < 4.78 is 0. The molecule has 0 radical (unpaired) electrons. The molecule has 0 spiro atoms. The van der Waals surface area contributed by atoms with Crippen LogP contribution in [0.2, 0.25) is 0 Å². The van der Waals surface area contributed by atoms with E-state index >= 15 is 0 Å². The summed E-state index contributed by atoms with van der Waals surface area (Å²) >= 11 is 1.33. The van der Waals surface area contributed by atoms with Gasteiger partial charge in [0.15, 0.2) is 5.96 Å². The van der Waals surface area contributed by atoms with Crippen LogP contribution >= 0.6 is 11.8 Å². The van der Waals surface area contributed by atoms with Crippen LogP contribution in [0.1, 0.15) is 135 Å². The predicted molar refractivity (Wildman–Crippen MR) is 367 cm³/mol. The van der Waals surface area contributed by atoms with Gasteiger partial charge in [-0.1, -0.05) is 106 Å². The fourth-order valence-electron chi connectivity index (χ4n) is 9.70. The van der Waals surface area contributed by atoms with Crippen LogP contribution in [0.15, 0.2) is 71.7 Å². The molecule has 34 nitrogen and oxygen atoms in total. The number of aliphatic carboxylic acids is 3. The first-order valence-electron chi connectivity index (χ1n) is 32.9. The summed E-state index contributed by atoms with van der Waals surface area (Å²) in [6, 6.07) is -4.11. The van der Waals surface area contributed by atoms with E-state index in [1.165, 1.54) is 74.6 Å². The summed E-state index contributed by atoms with van der Waals surface area (Å²) in [7, 11) is 0. The summed E-state index contributed by atoms with van der Waals surface area (Å²) in [6.07, 6.45) is 6.07. The predicted octanol–water partition coefficient (Wildman–Crippen LogP) is -2.81. The Labute approximate surface area is 583 Å². The molecule has 0 fully saturated rings. The summed E-state index contributed by atoms with van der Waals surface area (Å²) in [6.45, 7) is 2.84. The van der Waals surface area contributed by atoms with Gasteiger partial charge >= 0.3 is 17.9 Å². The number of phenols is 1. The fourth-order valence-corrected chi connectivity index (χ4v) is 10.5. The van der Waals surface area contributed by atoms with Crippen molar-refractivity contribution in [3.05, 3.63) is 77.9 Å². The van der Waals surface area contributed by atoms with Gasteiger partial charge in [0.25, 0.3) is 0 Å². The molecule has 24 N–H and O–H groups in total. The third-order valence-electron chi connectivity index (χ3n) is 15.3. The number of carboxylic acid groups (broad SMARTS) is 3. The number of unbranched alkanes of at least 4 members (excludes halogenated alkanes) is 8. The Morgan fingerprint density at radius 1 is 0.500 bits per heavy atom. The Kier molecular flexibility index (Phi) is 41.2. The number of allylic oxidation sites excluding steroid dienone is 1. The van der Waals surface area contributed by atoms with E-state index in [4.69, 9.17) is 22.9 Å². The fraction of sp³-hybridized carbons (Fsp3) is 0.569. The Balaban J connectivity index is 2.34. The van der Waals surface area contributed by atoms with Crippen molar-refractivity contribution in [2.24, 2.45) is 27.9 Å². The van der Waals surface area contributed by atoms with Crippen LogP contribution in [-0.2, 0) is 75.2 Å². The first kappa shape index (κ1) is 86.6. The number of guanidine groups is 1. The molecule has 2 aromatic rings. The Morgan fingerprint density at radius 2 is 0.950 bits per heavy atom. The number of aromatic hydroxyl groups is 1. The Morgan fingerprint density at radius 3 is 1.48 bits per heavy atom. The highest BCUT2D eigenvalue weighted by Gasteiger charge is 2.38. The van der Waals surface area contributed by atoms with E-state index in [2.05, 4.69) is 54.5 Å². The second kappa shape index (κ2) is 47.5. The molecule has 2 rings (SSSR count). The number of phenolic OH excluding ortho intramolecular Hbond substituents is 1. The number of nitrogens with one attached hydrogen (secondary N) is 9. The lowest BCUT2D eigenvalue weighted by molar-refractivity contribution is -0.142. The first-order chi connectivity index (χ1) is 47.4. The monoisotopic (exact) mass is 1430 g/mol. The molecule has 556 valence electrons. The Bertz CT molecular complexity index is 3050. The molecule has 0 heterocycles. The molecule has 2 unspecified atom stereocenters. The number of carbonyl (C=O) groups excluding carboxylic acids is 10. The topological polar surface area (TPSA) is 588 Å². The molecule has 2 aromatic carbocycles. The van der Waals surface area contributed by atoms with Crippen molar-refractivity contribution in [2.45, 2.75) is 209 Å². The highest BCUT2D eigenvalue weighted by Crippen LogP contribution is 2.15. The van der Waals surface area contributed by atoms with Crippen LogP contribution in [0.3, 0.4) is 0 Å². The number of hydrogen-bond acceptors (Lipinski definition) is 20. The Hall–Kier alpha value is -9.45.